The Labute approximate surface area is 175 Å². The molecule has 4 rings (SSSR count). The Morgan fingerprint density at radius 2 is 1.79 bits per heavy atom. The SMILES string of the molecule is CC(C)(C)[Si](C)(C)n1cc(C(O)c2ccc3c(c2)OCO3)c2ccc(Br)cc21. The lowest BCUT2D eigenvalue weighted by molar-refractivity contribution is 0.173. The molecule has 0 radical (unpaired) electrons. The number of ether oxygens (including phenoxy) is 2. The average Bonchev–Trinajstić information content (AvgIpc) is 3.23. The Morgan fingerprint density at radius 3 is 2.50 bits per heavy atom. The molecule has 148 valence electrons. The summed E-state index contributed by atoms with van der Waals surface area (Å²) < 4.78 is 14.4. The van der Waals surface area contributed by atoms with Gasteiger partial charge in [-0.25, -0.2) is 0 Å². The maximum atomic E-state index is 11.3. The second kappa shape index (κ2) is 6.64. The van der Waals surface area contributed by atoms with Gasteiger partial charge in [-0.2, -0.15) is 0 Å². The van der Waals surface area contributed by atoms with Gasteiger partial charge in [-0.1, -0.05) is 61.9 Å². The molecule has 1 aliphatic heterocycles. The highest BCUT2D eigenvalue weighted by Gasteiger charge is 2.39. The Balaban J connectivity index is 1.88. The van der Waals surface area contributed by atoms with Crippen molar-refractivity contribution < 1.29 is 14.6 Å². The minimum atomic E-state index is -1.87. The summed E-state index contributed by atoms with van der Waals surface area (Å²) in [7, 11) is -1.87. The summed E-state index contributed by atoms with van der Waals surface area (Å²) >= 11 is 3.62. The van der Waals surface area contributed by atoms with E-state index in [4.69, 9.17) is 9.47 Å². The molecule has 1 aromatic heterocycles. The molecule has 0 aliphatic carbocycles. The van der Waals surface area contributed by atoms with E-state index in [1.807, 2.05) is 24.3 Å². The Bertz CT molecular complexity index is 1050. The van der Waals surface area contributed by atoms with E-state index < -0.39 is 14.3 Å². The van der Waals surface area contributed by atoms with Crippen LogP contribution in [0.15, 0.2) is 47.1 Å². The summed E-state index contributed by atoms with van der Waals surface area (Å²) in [6.45, 7) is 11.9. The molecule has 4 nitrogen and oxygen atoms in total. The fraction of sp³-hybridized carbons (Fsp3) is 0.364. The first-order chi connectivity index (χ1) is 13.1. The molecule has 0 bridgehead atoms. The number of rotatable bonds is 3. The second-order valence-corrected chi connectivity index (χ2v) is 15.0. The number of nitrogens with zero attached hydrogens (tertiary/aromatic N) is 1. The first kappa shape index (κ1) is 19.5. The van der Waals surface area contributed by atoms with Gasteiger partial charge in [0.2, 0.25) is 6.79 Å². The van der Waals surface area contributed by atoms with Crippen LogP contribution in [0.4, 0.5) is 0 Å². The number of hydrogen-bond acceptors (Lipinski definition) is 3. The molecule has 3 aromatic rings. The molecule has 0 spiro atoms. The summed E-state index contributed by atoms with van der Waals surface area (Å²) in [5.41, 5.74) is 2.89. The standard InChI is InChI=1S/C22H26BrNO3Si/c1-22(2,3)28(4,5)24-12-17(16-8-7-15(23)11-18(16)24)21(25)14-6-9-19-20(10-14)27-13-26-19/h6-12,21,25H,13H2,1-5H3. The summed E-state index contributed by atoms with van der Waals surface area (Å²) in [4.78, 5) is 0. The predicted molar refractivity (Wildman–Crippen MR) is 119 cm³/mol. The average molecular weight is 460 g/mol. The number of aromatic nitrogens is 1. The molecule has 0 saturated carbocycles. The fourth-order valence-corrected chi connectivity index (χ4v) is 5.85. The minimum absolute atomic E-state index is 0.169. The van der Waals surface area contributed by atoms with Crippen LogP contribution in [0.1, 0.15) is 38.0 Å². The molecule has 1 unspecified atom stereocenters. The van der Waals surface area contributed by atoms with Crippen LogP contribution >= 0.6 is 15.9 Å². The maximum Gasteiger partial charge on any atom is 0.231 e. The molecule has 0 saturated heterocycles. The predicted octanol–water partition coefficient (Wildman–Crippen LogP) is 6.07. The number of fused-ring (bicyclic) bond motifs is 2. The largest absolute Gasteiger partial charge is 0.454 e. The number of halogens is 1. The van der Waals surface area contributed by atoms with Crippen LogP contribution in [0.2, 0.25) is 18.1 Å². The van der Waals surface area contributed by atoms with Crippen molar-refractivity contribution in [1.82, 2.24) is 4.23 Å². The smallest absolute Gasteiger partial charge is 0.231 e. The molecule has 1 N–H and O–H groups in total. The van der Waals surface area contributed by atoms with Crippen LogP contribution in [-0.4, -0.2) is 24.4 Å². The monoisotopic (exact) mass is 459 g/mol. The van der Waals surface area contributed by atoms with Crippen molar-refractivity contribution in [2.24, 2.45) is 0 Å². The molecule has 1 aliphatic rings. The summed E-state index contributed by atoms with van der Waals surface area (Å²) in [5.74, 6) is 1.41. The van der Waals surface area contributed by atoms with E-state index >= 15 is 0 Å². The van der Waals surface area contributed by atoms with Crippen molar-refractivity contribution in [3.8, 4) is 11.5 Å². The summed E-state index contributed by atoms with van der Waals surface area (Å²) in [5, 5.41) is 12.5. The summed E-state index contributed by atoms with van der Waals surface area (Å²) in [6, 6.07) is 11.9. The second-order valence-electron chi connectivity index (χ2n) is 8.94. The van der Waals surface area contributed by atoms with Gasteiger partial charge < -0.3 is 18.8 Å². The van der Waals surface area contributed by atoms with E-state index in [1.54, 1.807) is 0 Å². The third kappa shape index (κ3) is 3.08. The zero-order valence-corrected chi connectivity index (χ0v) is 19.5. The molecular formula is C22H26BrNO3Si. The number of benzene rings is 2. The maximum absolute atomic E-state index is 11.3. The molecule has 2 aromatic carbocycles. The fourth-order valence-electron chi connectivity index (χ4n) is 3.53. The van der Waals surface area contributed by atoms with Gasteiger partial charge in [-0.05, 0) is 34.9 Å². The first-order valence-electron chi connectivity index (χ1n) is 9.48. The topological polar surface area (TPSA) is 43.6 Å². The lowest BCUT2D eigenvalue weighted by Gasteiger charge is -2.38. The number of aliphatic hydroxyl groups is 1. The molecule has 0 fully saturated rings. The molecule has 6 heteroatoms. The lowest BCUT2D eigenvalue weighted by Crippen LogP contribution is -2.44. The molecule has 2 heterocycles. The first-order valence-corrected chi connectivity index (χ1v) is 13.2. The zero-order valence-electron chi connectivity index (χ0n) is 16.9. The van der Waals surface area contributed by atoms with Gasteiger partial charge in [0, 0.05) is 27.1 Å². The molecular weight excluding hydrogens is 434 g/mol. The zero-order chi connectivity index (χ0) is 20.3. The van der Waals surface area contributed by atoms with Crippen LogP contribution in [-0.2, 0) is 0 Å². The van der Waals surface area contributed by atoms with E-state index in [0.717, 1.165) is 32.3 Å². The van der Waals surface area contributed by atoms with E-state index in [9.17, 15) is 5.11 Å². The van der Waals surface area contributed by atoms with Gasteiger partial charge in [-0.3, -0.25) is 0 Å². The van der Waals surface area contributed by atoms with Crippen LogP contribution in [0.3, 0.4) is 0 Å². The third-order valence-electron chi connectivity index (χ3n) is 6.24. The number of hydrogen-bond donors (Lipinski definition) is 1. The van der Waals surface area contributed by atoms with E-state index in [0.29, 0.717) is 5.75 Å². The quantitative estimate of drug-likeness (QED) is 0.483. The van der Waals surface area contributed by atoms with Crippen LogP contribution < -0.4 is 9.47 Å². The normalized spacial score (nSPS) is 15.2. The van der Waals surface area contributed by atoms with Crippen molar-refractivity contribution in [3.05, 3.63) is 58.2 Å². The van der Waals surface area contributed by atoms with Gasteiger partial charge in [0.05, 0.1) is 0 Å². The van der Waals surface area contributed by atoms with Gasteiger partial charge >= 0.3 is 0 Å². The van der Waals surface area contributed by atoms with Crippen LogP contribution in [0.25, 0.3) is 10.9 Å². The highest BCUT2D eigenvalue weighted by Crippen LogP contribution is 2.42. The highest BCUT2D eigenvalue weighted by atomic mass is 79.9. The van der Waals surface area contributed by atoms with Crippen molar-refractivity contribution in [1.29, 1.82) is 0 Å². The van der Waals surface area contributed by atoms with Crippen molar-refractivity contribution in [3.63, 3.8) is 0 Å². The van der Waals surface area contributed by atoms with Gasteiger partial charge in [0.1, 0.15) is 6.10 Å². The number of aliphatic hydroxyl groups excluding tert-OH is 1. The van der Waals surface area contributed by atoms with Crippen LogP contribution in [0, 0.1) is 0 Å². The molecule has 1 atom stereocenters. The summed E-state index contributed by atoms with van der Waals surface area (Å²) in [6.07, 6.45) is 1.42. The van der Waals surface area contributed by atoms with Crippen molar-refractivity contribution in [2.75, 3.05) is 6.79 Å². The Hall–Kier alpha value is -1.76. The molecule has 0 amide bonds. The third-order valence-corrected chi connectivity index (χ3v) is 12.0. The Morgan fingerprint density at radius 1 is 1.07 bits per heavy atom. The highest BCUT2D eigenvalue weighted by molar-refractivity contribution is 9.10. The van der Waals surface area contributed by atoms with Gasteiger partial charge in [-0.15, -0.1) is 0 Å². The van der Waals surface area contributed by atoms with E-state index in [1.165, 1.54) is 0 Å². The Kier molecular flexibility index (Phi) is 4.64. The van der Waals surface area contributed by atoms with Gasteiger partial charge in [0.15, 0.2) is 19.7 Å². The molecule has 28 heavy (non-hydrogen) atoms. The lowest BCUT2D eigenvalue weighted by atomic mass is 10.0. The van der Waals surface area contributed by atoms with Crippen molar-refractivity contribution in [2.45, 2.75) is 45.0 Å². The minimum Gasteiger partial charge on any atom is -0.454 e. The van der Waals surface area contributed by atoms with E-state index in [2.05, 4.69) is 72.4 Å². The van der Waals surface area contributed by atoms with Gasteiger partial charge in [0.25, 0.3) is 0 Å². The van der Waals surface area contributed by atoms with Crippen molar-refractivity contribution >= 4 is 35.1 Å². The van der Waals surface area contributed by atoms with E-state index in [-0.39, 0.29) is 11.8 Å². The van der Waals surface area contributed by atoms with Crippen LogP contribution in [0.5, 0.6) is 11.5 Å².